The Hall–Kier alpha value is -2.07. The Morgan fingerprint density at radius 3 is 2.68 bits per heavy atom. The largest absolute Gasteiger partial charge is 0.493 e. The first-order valence-electron chi connectivity index (χ1n) is 7.48. The van der Waals surface area contributed by atoms with Crippen LogP contribution in [0.15, 0.2) is 46.2 Å². The van der Waals surface area contributed by atoms with E-state index in [1.54, 1.807) is 11.3 Å². The summed E-state index contributed by atoms with van der Waals surface area (Å²) in [5.41, 5.74) is 2.29. The summed E-state index contributed by atoms with van der Waals surface area (Å²) in [5, 5.41) is 2.03. The number of aromatic nitrogens is 1. The highest BCUT2D eigenvalue weighted by atomic mass is 32.1. The van der Waals surface area contributed by atoms with Gasteiger partial charge in [0.1, 0.15) is 11.5 Å². The molecule has 0 spiro atoms. The van der Waals surface area contributed by atoms with E-state index in [0.29, 0.717) is 12.5 Å². The molecule has 0 aliphatic heterocycles. The molecule has 0 saturated carbocycles. The van der Waals surface area contributed by atoms with Gasteiger partial charge in [-0.3, -0.25) is 0 Å². The molecule has 4 heteroatoms. The van der Waals surface area contributed by atoms with Crippen molar-refractivity contribution in [3.05, 3.63) is 58.8 Å². The molecule has 22 heavy (non-hydrogen) atoms. The summed E-state index contributed by atoms with van der Waals surface area (Å²) in [7, 11) is 0. The molecule has 2 heterocycles. The van der Waals surface area contributed by atoms with Crippen molar-refractivity contribution in [1.82, 2.24) is 4.98 Å². The Morgan fingerprint density at radius 2 is 2.00 bits per heavy atom. The van der Waals surface area contributed by atoms with Crippen LogP contribution in [0.3, 0.4) is 0 Å². The zero-order valence-electron chi connectivity index (χ0n) is 12.8. The normalized spacial score (nSPS) is 10.8. The van der Waals surface area contributed by atoms with E-state index in [-0.39, 0.29) is 0 Å². The van der Waals surface area contributed by atoms with Gasteiger partial charge >= 0.3 is 0 Å². The van der Waals surface area contributed by atoms with Gasteiger partial charge in [0.25, 0.3) is 0 Å². The Balaban J connectivity index is 1.59. The number of benzene rings is 1. The molecule has 3 nitrogen and oxygen atoms in total. The second-order valence-electron chi connectivity index (χ2n) is 5.10. The van der Waals surface area contributed by atoms with Crippen LogP contribution in [0.2, 0.25) is 0 Å². The summed E-state index contributed by atoms with van der Waals surface area (Å²) in [4.78, 5) is 5.64. The fraction of sp³-hybridized carbons (Fsp3) is 0.278. The van der Waals surface area contributed by atoms with Gasteiger partial charge in [-0.1, -0.05) is 25.1 Å². The summed E-state index contributed by atoms with van der Waals surface area (Å²) in [6.07, 6.45) is 1.79. The number of aryl methyl sites for hydroxylation is 2. The van der Waals surface area contributed by atoms with Crippen LogP contribution in [0.1, 0.15) is 23.9 Å². The van der Waals surface area contributed by atoms with E-state index in [1.807, 2.05) is 36.6 Å². The van der Waals surface area contributed by atoms with E-state index in [9.17, 15) is 0 Å². The fourth-order valence-corrected chi connectivity index (χ4v) is 2.90. The molecule has 0 aliphatic carbocycles. The highest BCUT2D eigenvalue weighted by molar-refractivity contribution is 7.13. The van der Waals surface area contributed by atoms with Crippen LogP contribution >= 0.6 is 11.3 Å². The Kier molecular flexibility index (Phi) is 4.59. The molecule has 0 unspecified atom stereocenters. The van der Waals surface area contributed by atoms with Crippen LogP contribution < -0.4 is 4.74 Å². The molecular weight excluding hydrogens is 294 g/mol. The quantitative estimate of drug-likeness (QED) is 0.649. The molecule has 1 aromatic carbocycles. The van der Waals surface area contributed by atoms with Crippen LogP contribution in [0.25, 0.3) is 10.8 Å². The zero-order valence-corrected chi connectivity index (χ0v) is 13.7. The van der Waals surface area contributed by atoms with Crippen molar-refractivity contribution in [2.45, 2.75) is 26.7 Å². The third kappa shape index (κ3) is 3.39. The first kappa shape index (κ1) is 14.9. The Morgan fingerprint density at radius 1 is 1.18 bits per heavy atom. The average molecular weight is 313 g/mol. The monoisotopic (exact) mass is 313 g/mol. The molecule has 0 fully saturated rings. The standard InChI is InChI=1S/C18H19NO2S/c1-3-14-6-8-15(9-7-14)20-11-10-16-13(2)21-18(19-16)17-5-4-12-22-17/h4-9,12H,3,10-11H2,1-2H3. The van der Waals surface area contributed by atoms with E-state index in [0.717, 1.165) is 34.9 Å². The number of ether oxygens (including phenoxy) is 1. The first-order chi connectivity index (χ1) is 10.8. The van der Waals surface area contributed by atoms with Crippen molar-refractivity contribution in [1.29, 1.82) is 0 Å². The van der Waals surface area contributed by atoms with E-state index in [2.05, 4.69) is 24.0 Å². The number of hydrogen-bond acceptors (Lipinski definition) is 4. The maximum atomic E-state index is 5.79. The third-order valence-electron chi connectivity index (χ3n) is 3.56. The average Bonchev–Trinajstić information content (AvgIpc) is 3.18. The molecule has 0 atom stereocenters. The minimum absolute atomic E-state index is 0.600. The molecule has 114 valence electrons. The van der Waals surface area contributed by atoms with Gasteiger partial charge in [0.05, 0.1) is 17.2 Å². The van der Waals surface area contributed by atoms with Gasteiger partial charge in [-0.15, -0.1) is 11.3 Å². The SMILES string of the molecule is CCc1ccc(OCCc2nc(-c3cccs3)oc2C)cc1. The summed E-state index contributed by atoms with van der Waals surface area (Å²) in [6.45, 7) is 4.70. The molecule has 0 amide bonds. The molecule has 0 saturated heterocycles. The van der Waals surface area contributed by atoms with Crippen molar-refractivity contribution in [2.75, 3.05) is 6.61 Å². The van der Waals surface area contributed by atoms with Crippen LogP contribution in [-0.2, 0) is 12.8 Å². The lowest BCUT2D eigenvalue weighted by molar-refractivity contribution is 0.320. The smallest absolute Gasteiger partial charge is 0.236 e. The molecule has 0 radical (unpaired) electrons. The molecular formula is C18H19NO2S. The van der Waals surface area contributed by atoms with Gasteiger partial charge in [0.2, 0.25) is 5.89 Å². The highest BCUT2D eigenvalue weighted by Gasteiger charge is 2.12. The van der Waals surface area contributed by atoms with E-state index < -0.39 is 0 Å². The summed E-state index contributed by atoms with van der Waals surface area (Å²) in [6, 6.07) is 12.3. The number of rotatable bonds is 6. The molecule has 2 aromatic heterocycles. The highest BCUT2D eigenvalue weighted by Crippen LogP contribution is 2.26. The third-order valence-corrected chi connectivity index (χ3v) is 4.42. The van der Waals surface area contributed by atoms with Crippen molar-refractivity contribution in [2.24, 2.45) is 0 Å². The molecule has 0 N–H and O–H groups in total. The number of oxazole rings is 1. The van der Waals surface area contributed by atoms with Crippen molar-refractivity contribution < 1.29 is 9.15 Å². The topological polar surface area (TPSA) is 35.3 Å². The van der Waals surface area contributed by atoms with Gasteiger partial charge in [0, 0.05) is 6.42 Å². The van der Waals surface area contributed by atoms with Gasteiger partial charge in [-0.2, -0.15) is 0 Å². The van der Waals surface area contributed by atoms with Crippen LogP contribution in [0.5, 0.6) is 5.75 Å². The van der Waals surface area contributed by atoms with Gasteiger partial charge in [-0.25, -0.2) is 4.98 Å². The predicted octanol–water partition coefficient (Wildman–Crippen LogP) is 4.90. The number of hydrogen-bond donors (Lipinski definition) is 0. The second-order valence-corrected chi connectivity index (χ2v) is 6.04. The number of thiophene rings is 1. The van der Waals surface area contributed by atoms with Crippen LogP contribution in [0, 0.1) is 6.92 Å². The van der Waals surface area contributed by atoms with Crippen molar-refractivity contribution >= 4 is 11.3 Å². The Labute approximate surface area is 134 Å². The fourth-order valence-electron chi connectivity index (χ4n) is 2.25. The summed E-state index contributed by atoms with van der Waals surface area (Å²) >= 11 is 1.63. The maximum Gasteiger partial charge on any atom is 0.236 e. The minimum atomic E-state index is 0.600. The zero-order chi connectivity index (χ0) is 15.4. The lowest BCUT2D eigenvalue weighted by atomic mass is 10.2. The summed E-state index contributed by atoms with van der Waals surface area (Å²) in [5.74, 6) is 2.47. The molecule has 0 bridgehead atoms. The second kappa shape index (κ2) is 6.79. The van der Waals surface area contributed by atoms with E-state index in [4.69, 9.17) is 9.15 Å². The molecule has 0 aliphatic rings. The Bertz CT molecular complexity index is 714. The molecule has 3 rings (SSSR count). The lowest BCUT2D eigenvalue weighted by Crippen LogP contribution is -2.02. The van der Waals surface area contributed by atoms with Crippen molar-refractivity contribution in [3.63, 3.8) is 0 Å². The molecule has 3 aromatic rings. The van der Waals surface area contributed by atoms with Crippen LogP contribution in [-0.4, -0.2) is 11.6 Å². The summed E-state index contributed by atoms with van der Waals surface area (Å²) < 4.78 is 11.5. The van der Waals surface area contributed by atoms with E-state index in [1.165, 1.54) is 5.56 Å². The predicted molar refractivity (Wildman–Crippen MR) is 89.6 cm³/mol. The van der Waals surface area contributed by atoms with Gasteiger partial charge < -0.3 is 9.15 Å². The maximum absolute atomic E-state index is 5.79. The first-order valence-corrected chi connectivity index (χ1v) is 8.36. The van der Waals surface area contributed by atoms with Gasteiger partial charge in [-0.05, 0) is 42.5 Å². The van der Waals surface area contributed by atoms with E-state index >= 15 is 0 Å². The minimum Gasteiger partial charge on any atom is -0.493 e. The number of nitrogens with zero attached hydrogens (tertiary/aromatic N) is 1. The van der Waals surface area contributed by atoms with Crippen LogP contribution in [0.4, 0.5) is 0 Å². The van der Waals surface area contributed by atoms with Crippen molar-refractivity contribution in [3.8, 4) is 16.5 Å². The lowest BCUT2D eigenvalue weighted by Gasteiger charge is -2.05. The van der Waals surface area contributed by atoms with Gasteiger partial charge in [0.15, 0.2) is 0 Å².